The molecule has 1 aromatic rings. The van der Waals surface area contributed by atoms with Crippen molar-refractivity contribution in [3.8, 4) is 0 Å². The highest BCUT2D eigenvalue weighted by atomic mass is 14.6. The summed E-state index contributed by atoms with van der Waals surface area (Å²) in [6.07, 6.45) is 1.06. The maximum Gasteiger partial charge on any atom is 0.0300 e. The van der Waals surface area contributed by atoms with Crippen LogP contribution < -0.4 is 5.73 Å². The molecule has 0 saturated carbocycles. The lowest BCUT2D eigenvalue weighted by molar-refractivity contribution is 0.508. The van der Waals surface area contributed by atoms with Crippen molar-refractivity contribution in [3.63, 3.8) is 0 Å². The molecule has 0 aliphatic heterocycles. The molecule has 78 valence electrons. The fourth-order valence-electron chi connectivity index (χ4n) is 1.81. The van der Waals surface area contributed by atoms with E-state index in [0.29, 0.717) is 5.92 Å². The average Bonchev–Trinajstić information content (AvgIpc) is 2.08. The maximum atomic E-state index is 6.17. The molecular formula is C13H21N. The summed E-state index contributed by atoms with van der Waals surface area (Å²) in [7, 11) is 0. The molecular weight excluding hydrogens is 170 g/mol. The second-order valence-electron chi connectivity index (χ2n) is 4.53. The van der Waals surface area contributed by atoms with Gasteiger partial charge in [0.1, 0.15) is 0 Å². The highest BCUT2D eigenvalue weighted by Crippen LogP contribution is 2.23. The molecule has 0 heterocycles. The highest BCUT2D eigenvalue weighted by molar-refractivity contribution is 5.35. The molecule has 1 heteroatoms. The molecule has 0 saturated heterocycles. The Labute approximate surface area is 87.3 Å². The minimum absolute atomic E-state index is 0.190. The summed E-state index contributed by atoms with van der Waals surface area (Å²) < 4.78 is 0. The van der Waals surface area contributed by atoms with Gasteiger partial charge >= 0.3 is 0 Å². The van der Waals surface area contributed by atoms with Crippen LogP contribution >= 0.6 is 0 Å². The standard InChI is InChI=1S/C13H21N/c1-9(2)8-13(14)12-7-5-6-10(3)11(12)4/h5-7,9,13H,8,14H2,1-4H3. The van der Waals surface area contributed by atoms with Crippen LogP contribution in [0.2, 0.25) is 0 Å². The van der Waals surface area contributed by atoms with E-state index < -0.39 is 0 Å². The molecule has 0 radical (unpaired) electrons. The van der Waals surface area contributed by atoms with Crippen LogP contribution in [0.15, 0.2) is 18.2 Å². The SMILES string of the molecule is Cc1cccc(C(N)CC(C)C)c1C. The van der Waals surface area contributed by atoms with Crippen LogP contribution in [0.4, 0.5) is 0 Å². The van der Waals surface area contributed by atoms with E-state index >= 15 is 0 Å². The molecule has 0 aliphatic rings. The van der Waals surface area contributed by atoms with Crippen molar-refractivity contribution in [1.29, 1.82) is 0 Å². The Kier molecular flexibility index (Phi) is 3.70. The lowest BCUT2D eigenvalue weighted by Gasteiger charge is -2.17. The van der Waals surface area contributed by atoms with Crippen LogP contribution in [-0.2, 0) is 0 Å². The van der Waals surface area contributed by atoms with Crippen LogP contribution in [0.5, 0.6) is 0 Å². The molecule has 0 bridgehead atoms. The molecule has 1 rings (SSSR count). The van der Waals surface area contributed by atoms with E-state index in [9.17, 15) is 0 Å². The van der Waals surface area contributed by atoms with Gasteiger partial charge in [-0.1, -0.05) is 32.0 Å². The molecule has 1 atom stereocenters. The fraction of sp³-hybridized carbons (Fsp3) is 0.538. The van der Waals surface area contributed by atoms with Crippen molar-refractivity contribution in [3.05, 3.63) is 34.9 Å². The van der Waals surface area contributed by atoms with Gasteiger partial charge < -0.3 is 5.73 Å². The fourth-order valence-corrected chi connectivity index (χ4v) is 1.81. The third kappa shape index (κ3) is 2.58. The van der Waals surface area contributed by atoms with Crippen LogP contribution in [0.25, 0.3) is 0 Å². The van der Waals surface area contributed by atoms with E-state index in [1.54, 1.807) is 0 Å². The van der Waals surface area contributed by atoms with Gasteiger partial charge in [0.25, 0.3) is 0 Å². The molecule has 1 unspecified atom stereocenters. The summed E-state index contributed by atoms with van der Waals surface area (Å²) in [5.41, 5.74) is 10.2. The van der Waals surface area contributed by atoms with E-state index in [2.05, 4.69) is 45.9 Å². The number of nitrogens with two attached hydrogens (primary N) is 1. The van der Waals surface area contributed by atoms with Gasteiger partial charge in [-0.05, 0) is 42.9 Å². The van der Waals surface area contributed by atoms with Gasteiger partial charge in [0.15, 0.2) is 0 Å². The minimum atomic E-state index is 0.190. The summed E-state index contributed by atoms with van der Waals surface area (Å²) in [6.45, 7) is 8.72. The van der Waals surface area contributed by atoms with Crippen molar-refractivity contribution in [1.82, 2.24) is 0 Å². The predicted octanol–water partition coefficient (Wildman–Crippen LogP) is 3.35. The van der Waals surface area contributed by atoms with Crippen LogP contribution in [0.3, 0.4) is 0 Å². The zero-order chi connectivity index (χ0) is 10.7. The molecule has 0 aromatic heterocycles. The van der Waals surface area contributed by atoms with Gasteiger partial charge in [-0.25, -0.2) is 0 Å². The zero-order valence-corrected chi connectivity index (χ0v) is 9.67. The lowest BCUT2D eigenvalue weighted by atomic mass is 9.93. The summed E-state index contributed by atoms with van der Waals surface area (Å²) >= 11 is 0. The van der Waals surface area contributed by atoms with Crippen molar-refractivity contribution >= 4 is 0 Å². The Bertz CT molecular complexity index is 302. The molecule has 0 amide bonds. The normalized spacial score (nSPS) is 13.3. The van der Waals surface area contributed by atoms with E-state index in [4.69, 9.17) is 5.73 Å². The van der Waals surface area contributed by atoms with Crippen LogP contribution in [-0.4, -0.2) is 0 Å². The lowest BCUT2D eigenvalue weighted by Crippen LogP contribution is -2.14. The summed E-state index contributed by atoms with van der Waals surface area (Å²) in [5, 5.41) is 0. The van der Waals surface area contributed by atoms with E-state index in [1.165, 1.54) is 16.7 Å². The second kappa shape index (κ2) is 4.61. The first kappa shape index (κ1) is 11.3. The summed E-state index contributed by atoms with van der Waals surface area (Å²) in [4.78, 5) is 0. The van der Waals surface area contributed by atoms with Crippen molar-refractivity contribution in [2.24, 2.45) is 11.7 Å². The Morgan fingerprint density at radius 2 is 1.86 bits per heavy atom. The average molecular weight is 191 g/mol. The highest BCUT2D eigenvalue weighted by Gasteiger charge is 2.11. The summed E-state index contributed by atoms with van der Waals surface area (Å²) in [6, 6.07) is 6.57. The van der Waals surface area contributed by atoms with E-state index in [1.807, 2.05) is 0 Å². The zero-order valence-electron chi connectivity index (χ0n) is 9.67. The molecule has 0 aliphatic carbocycles. The molecule has 14 heavy (non-hydrogen) atoms. The topological polar surface area (TPSA) is 26.0 Å². The van der Waals surface area contributed by atoms with Gasteiger partial charge in [0.2, 0.25) is 0 Å². The van der Waals surface area contributed by atoms with Gasteiger partial charge in [0, 0.05) is 6.04 Å². The van der Waals surface area contributed by atoms with Gasteiger partial charge in [0.05, 0.1) is 0 Å². The maximum absolute atomic E-state index is 6.17. The number of aryl methyl sites for hydroxylation is 1. The molecule has 2 N–H and O–H groups in total. The van der Waals surface area contributed by atoms with E-state index in [-0.39, 0.29) is 6.04 Å². The molecule has 1 nitrogen and oxygen atoms in total. The quantitative estimate of drug-likeness (QED) is 0.779. The monoisotopic (exact) mass is 191 g/mol. The number of benzene rings is 1. The first-order valence-corrected chi connectivity index (χ1v) is 5.34. The third-order valence-electron chi connectivity index (χ3n) is 2.77. The van der Waals surface area contributed by atoms with Crippen LogP contribution in [0.1, 0.15) is 43.0 Å². The molecule has 1 aromatic carbocycles. The number of hydrogen-bond donors (Lipinski definition) is 1. The predicted molar refractivity (Wildman–Crippen MR) is 62.3 cm³/mol. The Morgan fingerprint density at radius 3 is 2.43 bits per heavy atom. The van der Waals surface area contributed by atoms with Crippen molar-refractivity contribution < 1.29 is 0 Å². The van der Waals surface area contributed by atoms with E-state index in [0.717, 1.165) is 6.42 Å². The smallest absolute Gasteiger partial charge is 0.0300 e. The molecule has 0 fully saturated rings. The Hall–Kier alpha value is -0.820. The van der Waals surface area contributed by atoms with Gasteiger partial charge in [-0.3, -0.25) is 0 Å². The Morgan fingerprint density at radius 1 is 1.21 bits per heavy atom. The minimum Gasteiger partial charge on any atom is -0.324 e. The second-order valence-corrected chi connectivity index (χ2v) is 4.53. The number of hydrogen-bond acceptors (Lipinski definition) is 1. The first-order chi connectivity index (χ1) is 6.52. The van der Waals surface area contributed by atoms with Crippen LogP contribution in [0, 0.1) is 19.8 Å². The van der Waals surface area contributed by atoms with Gasteiger partial charge in [-0.15, -0.1) is 0 Å². The largest absolute Gasteiger partial charge is 0.324 e. The third-order valence-corrected chi connectivity index (χ3v) is 2.77. The number of rotatable bonds is 3. The van der Waals surface area contributed by atoms with Crippen molar-refractivity contribution in [2.75, 3.05) is 0 Å². The molecule has 0 spiro atoms. The van der Waals surface area contributed by atoms with Gasteiger partial charge in [-0.2, -0.15) is 0 Å². The first-order valence-electron chi connectivity index (χ1n) is 5.34. The Balaban J connectivity index is 2.89. The summed E-state index contributed by atoms with van der Waals surface area (Å²) in [5.74, 6) is 0.657. The van der Waals surface area contributed by atoms with Crippen molar-refractivity contribution in [2.45, 2.75) is 40.2 Å².